The number of hydrogen-bond acceptors (Lipinski definition) is 0. The van der Waals surface area contributed by atoms with Crippen LogP contribution in [0.4, 0.5) is 0 Å². The van der Waals surface area contributed by atoms with Crippen LogP contribution < -0.4 is 17.0 Å². The number of allylic oxidation sites excluding steroid dienone is 4. The Bertz CT molecular complexity index is 1950. The Balaban J connectivity index is 1.80. The van der Waals surface area contributed by atoms with Crippen LogP contribution in [0.15, 0.2) is 109 Å². The summed E-state index contributed by atoms with van der Waals surface area (Å²) in [5.41, 5.74) is 8.76. The molecule has 0 amide bonds. The van der Waals surface area contributed by atoms with Gasteiger partial charge in [0.1, 0.15) is 0 Å². The molecule has 2 aliphatic carbocycles. The van der Waals surface area contributed by atoms with Crippen LogP contribution in [0, 0.1) is 0 Å². The van der Waals surface area contributed by atoms with Gasteiger partial charge in [-0.3, -0.25) is 0 Å². The summed E-state index contributed by atoms with van der Waals surface area (Å²) in [5, 5.41) is 3.25. The second kappa shape index (κ2) is 14.8. The molecule has 0 heterocycles. The standard InChI is InChI=1S/C21H25.2C12H19Si.C5H5.CH2.Hf/c1-20(2,3)16-7-9-18-14(12-16)11-15-13-17(21(4,5)6)8-10-19(15)18;2*1-4-13(5-2,6-3)12-10-8-7-9-11-12;1-2-4-5-3-1;;/h7-13H,1-6H3;2*8-11H,4-6H2,1-3H3;1-5H;1H2;. The predicted octanol–water partition coefficient (Wildman–Crippen LogP) is 12.5. The van der Waals surface area contributed by atoms with Gasteiger partial charge >= 0.3 is 336 Å². The molecular formula is C51H70HfSi2. The molecule has 0 radical (unpaired) electrons. The SMILES string of the molecule is [CH2]=[Hf]([c]1ccc([Si](CC)(CC)CC)cc1)([c]1ccc([Si](CC)(CC)CC)cc1)([CH]1C=CC=C1)[CH]1c2cc(C(C)(C)C)ccc2-c2ccc(C(C)(C)C)cc21. The zero-order chi connectivity index (χ0) is 39.3. The predicted molar refractivity (Wildman–Crippen MR) is 246 cm³/mol. The Hall–Kier alpha value is -2.47. The molecular weight excluding hydrogens is 847 g/mol. The molecule has 286 valence electrons. The summed E-state index contributed by atoms with van der Waals surface area (Å²) in [4.78, 5) is 0. The number of benzene rings is 4. The molecule has 0 spiro atoms. The van der Waals surface area contributed by atoms with Crippen LogP contribution in [-0.4, -0.2) is 20.4 Å². The van der Waals surface area contributed by atoms with E-state index >= 15 is 0 Å². The molecule has 0 fully saturated rings. The topological polar surface area (TPSA) is 0 Å². The fraction of sp³-hybridized carbons (Fsp3) is 0.431. The maximum absolute atomic E-state index is 6.03. The molecule has 0 nitrogen and oxygen atoms in total. The van der Waals surface area contributed by atoms with E-state index in [0.29, 0.717) is 0 Å². The van der Waals surface area contributed by atoms with Crippen LogP contribution in [-0.2, 0) is 28.8 Å². The van der Waals surface area contributed by atoms with Crippen LogP contribution in [0.5, 0.6) is 0 Å². The van der Waals surface area contributed by atoms with Crippen molar-refractivity contribution >= 4 is 37.4 Å². The van der Waals surface area contributed by atoms with Crippen LogP contribution in [0.1, 0.15) is 109 Å². The third-order valence-corrected chi connectivity index (χ3v) is 52.6. The van der Waals surface area contributed by atoms with Gasteiger partial charge in [-0.25, -0.2) is 0 Å². The van der Waals surface area contributed by atoms with Gasteiger partial charge in [-0.15, -0.1) is 0 Å². The zero-order valence-electron chi connectivity index (χ0n) is 36.0. The van der Waals surface area contributed by atoms with E-state index in [1.807, 2.05) is 0 Å². The van der Waals surface area contributed by atoms with E-state index in [1.54, 1.807) is 10.4 Å². The Morgan fingerprint density at radius 2 is 0.833 bits per heavy atom. The third-order valence-electron chi connectivity index (χ3n) is 15.3. The molecule has 4 aromatic rings. The molecule has 2 aliphatic rings. The molecule has 0 bridgehead atoms. The van der Waals surface area contributed by atoms with E-state index in [9.17, 15) is 0 Å². The summed E-state index contributed by atoms with van der Waals surface area (Å²) in [6.07, 6.45) is 9.76. The van der Waals surface area contributed by atoms with Crippen molar-refractivity contribution in [3.05, 3.63) is 131 Å². The van der Waals surface area contributed by atoms with E-state index < -0.39 is 34.2 Å². The quantitative estimate of drug-likeness (QED) is 0.124. The van der Waals surface area contributed by atoms with E-state index in [1.165, 1.54) is 76.3 Å². The van der Waals surface area contributed by atoms with Gasteiger partial charge in [0, 0.05) is 0 Å². The van der Waals surface area contributed by atoms with Crippen molar-refractivity contribution in [2.75, 3.05) is 0 Å². The Morgan fingerprint density at radius 1 is 0.500 bits per heavy atom. The van der Waals surface area contributed by atoms with Gasteiger partial charge in [-0.05, 0) is 0 Å². The summed E-state index contributed by atoms with van der Waals surface area (Å²) < 4.78 is 9.56. The molecule has 0 unspecified atom stereocenters. The van der Waals surface area contributed by atoms with Crippen LogP contribution in [0.2, 0.25) is 39.9 Å². The van der Waals surface area contributed by atoms with E-state index in [0.717, 1.165) is 0 Å². The van der Waals surface area contributed by atoms with Gasteiger partial charge < -0.3 is 0 Å². The summed E-state index contributed by atoms with van der Waals surface area (Å²) >= 11 is -5.12. The average molecular weight is 918 g/mol. The summed E-state index contributed by atoms with van der Waals surface area (Å²) in [6, 6.07) is 43.6. The first-order chi connectivity index (χ1) is 25.5. The van der Waals surface area contributed by atoms with Crippen LogP contribution in [0.3, 0.4) is 0 Å². The fourth-order valence-corrected chi connectivity index (χ4v) is 43.6. The average Bonchev–Trinajstić information content (AvgIpc) is 3.84. The molecule has 0 atom stereocenters. The Morgan fingerprint density at radius 3 is 1.13 bits per heavy atom. The second-order valence-corrected chi connectivity index (χ2v) is 50.2. The molecule has 6 rings (SSSR count). The van der Waals surface area contributed by atoms with E-state index in [-0.39, 0.29) is 18.2 Å². The van der Waals surface area contributed by atoms with Crippen molar-refractivity contribution in [2.24, 2.45) is 0 Å². The first-order valence-corrected chi connectivity index (χ1v) is 36.9. The molecule has 0 aromatic heterocycles. The van der Waals surface area contributed by atoms with Gasteiger partial charge in [0.05, 0.1) is 0 Å². The maximum atomic E-state index is 6.03. The monoisotopic (exact) mass is 918 g/mol. The molecule has 0 saturated heterocycles. The van der Waals surface area contributed by atoms with E-state index in [4.69, 9.17) is 4.26 Å². The third kappa shape index (κ3) is 6.26. The van der Waals surface area contributed by atoms with Gasteiger partial charge in [-0.2, -0.15) is 0 Å². The second-order valence-electron chi connectivity index (χ2n) is 19.3. The van der Waals surface area contributed by atoms with Crippen molar-refractivity contribution in [1.29, 1.82) is 0 Å². The number of rotatable bonds is 12. The minimum absolute atomic E-state index is 0.0395. The van der Waals surface area contributed by atoms with Crippen molar-refractivity contribution in [3.8, 4) is 11.1 Å². The van der Waals surface area contributed by atoms with Crippen molar-refractivity contribution in [2.45, 2.75) is 138 Å². The van der Waals surface area contributed by atoms with Gasteiger partial charge in [0.15, 0.2) is 0 Å². The van der Waals surface area contributed by atoms with Gasteiger partial charge in [0.2, 0.25) is 0 Å². The molecule has 0 N–H and O–H groups in total. The van der Waals surface area contributed by atoms with Crippen molar-refractivity contribution < 1.29 is 18.0 Å². The molecule has 3 heteroatoms. The molecule has 0 aliphatic heterocycles. The first kappa shape index (κ1) is 41.2. The molecule has 4 aromatic carbocycles. The van der Waals surface area contributed by atoms with E-state index in [2.05, 4.69) is 192 Å². The summed E-state index contributed by atoms with van der Waals surface area (Å²) in [5.74, 6) is 0. The van der Waals surface area contributed by atoms with Gasteiger partial charge in [-0.1, -0.05) is 0 Å². The van der Waals surface area contributed by atoms with Crippen molar-refractivity contribution in [1.82, 2.24) is 0 Å². The summed E-state index contributed by atoms with van der Waals surface area (Å²) in [6.45, 7) is 28.9. The van der Waals surface area contributed by atoms with Crippen molar-refractivity contribution in [3.63, 3.8) is 0 Å². The zero-order valence-corrected chi connectivity index (χ0v) is 41.6. The Labute approximate surface area is 333 Å². The fourth-order valence-electron chi connectivity index (χ4n) is 11.0. The normalized spacial score (nSPS) is 15.6. The molecule has 0 saturated carbocycles. The first-order valence-electron chi connectivity index (χ1n) is 21.4. The van der Waals surface area contributed by atoms with Crippen LogP contribution >= 0.6 is 0 Å². The Kier molecular flexibility index (Phi) is 11.3. The molecule has 54 heavy (non-hydrogen) atoms. The van der Waals surface area contributed by atoms with Crippen LogP contribution in [0.25, 0.3) is 11.1 Å². The van der Waals surface area contributed by atoms with Gasteiger partial charge in [0.25, 0.3) is 0 Å². The summed E-state index contributed by atoms with van der Waals surface area (Å²) in [7, 11) is -3.15. The number of fused-ring (bicyclic) bond motifs is 3. The number of hydrogen-bond donors (Lipinski definition) is 0. The minimum atomic E-state index is -5.12.